The second kappa shape index (κ2) is 7.88. The van der Waals surface area contributed by atoms with E-state index in [0.717, 1.165) is 18.4 Å². The molecule has 0 aliphatic heterocycles. The van der Waals surface area contributed by atoms with E-state index in [2.05, 4.69) is 10.0 Å². The van der Waals surface area contributed by atoms with Crippen LogP contribution in [0.2, 0.25) is 5.02 Å². The van der Waals surface area contributed by atoms with Crippen LogP contribution in [0.15, 0.2) is 47.4 Å². The standard InChI is InChI=1S/C19H21ClN2O4S/c1-12(15-5-3-4-6-16(15)20)21-19(23)13-7-10-17(26-2)18(11-13)27(24,25)22-14-8-9-14/h3-7,10-12,14,22H,8-9H2,1-2H3,(H,21,23). The van der Waals surface area contributed by atoms with Crippen LogP contribution < -0.4 is 14.8 Å². The molecular weight excluding hydrogens is 388 g/mol. The highest BCUT2D eigenvalue weighted by molar-refractivity contribution is 7.89. The SMILES string of the molecule is COc1ccc(C(=O)NC(C)c2ccccc2Cl)cc1S(=O)(=O)NC1CC1. The van der Waals surface area contributed by atoms with Crippen molar-refractivity contribution in [2.24, 2.45) is 0 Å². The van der Waals surface area contributed by atoms with Crippen LogP contribution in [0, 0.1) is 0 Å². The van der Waals surface area contributed by atoms with Gasteiger partial charge >= 0.3 is 0 Å². The summed E-state index contributed by atoms with van der Waals surface area (Å²) in [6.45, 7) is 1.81. The zero-order valence-corrected chi connectivity index (χ0v) is 16.6. The molecule has 8 heteroatoms. The maximum atomic E-state index is 12.6. The fourth-order valence-corrected chi connectivity index (χ4v) is 4.50. The van der Waals surface area contributed by atoms with E-state index < -0.39 is 15.9 Å². The third-order valence-corrected chi connectivity index (χ3v) is 6.22. The number of amides is 1. The van der Waals surface area contributed by atoms with E-state index in [-0.39, 0.29) is 28.3 Å². The fourth-order valence-electron chi connectivity index (χ4n) is 2.70. The summed E-state index contributed by atoms with van der Waals surface area (Å²) < 4.78 is 32.9. The van der Waals surface area contributed by atoms with Crippen LogP contribution in [0.4, 0.5) is 0 Å². The quantitative estimate of drug-likeness (QED) is 0.736. The molecule has 0 spiro atoms. The largest absolute Gasteiger partial charge is 0.495 e. The van der Waals surface area contributed by atoms with Crippen molar-refractivity contribution in [3.8, 4) is 5.75 Å². The van der Waals surface area contributed by atoms with Crippen molar-refractivity contribution in [1.82, 2.24) is 10.0 Å². The summed E-state index contributed by atoms with van der Waals surface area (Å²) >= 11 is 6.17. The number of rotatable bonds is 7. The van der Waals surface area contributed by atoms with Crippen molar-refractivity contribution in [1.29, 1.82) is 0 Å². The summed E-state index contributed by atoms with van der Waals surface area (Å²) in [4.78, 5) is 12.6. The highest BCUT2D eigenvalue weighted by Crippen LogP contribution is 2.29. The van der Waals surface area contributed by atoms with Crippen molar-refractivity contribution >= 4 is 27.5 Å². The van der Waals surface area contributed by atoms with Gasteiger partial charge in [-0.05, 0) is 49.6 Å². The van der Waals surface area contributed by atoms with Gasteiger partial charge in [0.05, 0.1) is 13.2 Å². The predicted octanol–water partition coefficient (Wildman–Crippen LogP) is 3.28. The Hall–Kier alpha value is -2.09. The highest BCUT2D eigenvalue weighted by atomic mass is 35.5. The number of sulfonamides is 1. The first-order chi connectivity index (χ1) is 12.8. The van der Waals surface area contributed by atoms with Crippen molar-refractivity contribution in [2.75, 3.05) is 7.11 Å². The average Bonchev–Trinajstić information content (AvgIpc) is 3.44. The number of hydrogen-bond donors (Lipinski definition) is 2. The van der Waals surface area contributed by atoms with Gasteiger partial charge in [-0.3, -0.25) is 4.79 Å². The third-order valence-electron chi connectivity index (χ3n) is 4.33. The van der Waals surface area contributed by atoms with Gasteiger partial charge < -0.3 is 10.1 Å². The van der Waals surface area contributed by atoms with E-state index >= 15 is 0 Å². The second-order valence-corrected chi connectivity index (χ2v) is 8.57. The van der Waals surface area contributed by atoms with Gasteiger partial charge in [-0.25, -0.2) is 13.1 Å². The molecule has 2 aromatic carbocycles. The zero-order valence-electron chi connectivity index (χ0n) is 15.0. The first-order valence-corrected chi connectivity index (χ1v) is 10.4. The average molecular weight is 409 g/mol. The minimum atomic E-state index is -3.76. The Morgan fingerprint density at radius 2 is 1.93 bits per heavy atom. The van der Waals surface area contributed by atoms with Gasteiger partial charge in [-0.2, -0.15) is 0 Å². The van der Waals surface area contributed by atoms with E-state index in [4.69, 9.17) is 16.3 Å². The number of halogens is 1. The fraction of sp³-hybridized carbons (Fsp3) is 0.316. The molecular formula is C19H21ClN2O4S. The number of carbonyl (C=O) groups is 1. The number of nitrogens with one attached hydrogen (secondary N) is 2. The third kappa shape index (κ3) is 4.61. The van der Waals surface area contributed by atoms with Crippen LogP contribution >= 0.6 is 11.6 Å². The molecule has 1 aliphatic rings. The molecule has 3 rings (SSSR count). The number of ether oxygens (including phenoxy) is 1. The number of benzene rings is 2. The molecule has 0 heterocycles. The molecule has 6 nitrogen and oxygen atoms in total. The maximum absolute atomic E-state index is 12.6. The molecule has 2 N–H and O–H groups in total. The summed E-state index contributed by atoms with van der Waals surface area (Å²) in [5.74, 6) is -0.202. The van der Waals surface area contributed by atoms with Crippen LogP contribution in [0.25, 0.3) is 0 Å². The first-order valence-electron chi connectivity index (χ1n) is 8.57. The van der Waals surface area contributed by atoms with Crippen LogP contribution in [0.1, 0.15) is 41.7 Å². The van der Waals surface area contributed by atoms with Crippen LogP contribution in [0.5, 0.6) is 5.75 Å². The molecule has 0 aromatic heterocycles. The van der Waals surface area contributed by atoms with Crippen LogP contribution in [0.3, 0.4) is 0 Å². The molecule has 27 heavy (non-hydrogen) atoms. The lowest BCUT2D eigenvalue weighted by atomic mass is 10.1. The molecule has 0 saturated heterocycles. The van der Waals surface area contributed by atoms with E-state index in [0.29, 0.717) is 5.02 Å². The summed E-state index contributed by atoms with van der Waals surface area (Å²) in [5.41, 5.74) is 1.01. The lowest BCUT2D eigenvalue weighted by Crippen LogP contribution is -2.28. The summed E-state index contributed by atoms with van der Waals surface area (Å²) in [5, 5.41) is 3.40. The topological polar surface area (TPSA) is 84.5 Å². The van der Waals surface area contributed by atoms with Gasteiger partial charge in [0.25, 0.3) is 5.91 Å². The normalized spacial score (nSPS) is 15.2. The zero-order chi connectivity index (χ0) is 19.6. The summed E-state index contributed by atoms with van der Waals surface area (Å²) in [6.07, 6.45) is 1.63. The van der Waals surface area contributed by atoms with Crippen molar-refractivity contribution in [2.45, 2.75) is 36.7 Å². The lowest BCUT2D eigenvalue weighted by molar-refractivity contribution is 0.0939. The van der Waals surface area contributed by atoms with Gasteiger partial charge in [0.2, 0.25) is 10.0 Å². The molecule has 1 atom stereocenters. The molecule has 1 unspecified atom stereocenters. The molecule has 1 amide bonds. The van der Waals surface area contributed by atoms with Crippen LogP contribution in [-0.2, 0) is 10.0 Å². The number of methoxy groups -OCH3 is 1. The van der Waals surface area contributed by atoms with Crippen LogP contribution in [-0.4, -0.2) is 27.5 Å². The first kappa shape index (κ1) is 19.7. The summed E-state index contributed by atoms with van der Waals surface area (Å²) in [6, 6.07) is 11.2. The molecule has 0 bridgehead atoms. The summed E-state index contributed by atoms with van der Waals surface area (Å²) in [7, 11) is -2.37. The Morgan fingerprint density at radius 1 is 1.22 bits per heavy atom. The molecule has 144 valence electrons. The predicted molar refractivity (Wildman–Crippen MR) is 104 cm³/mol. The second-order valence-electron chi connectivity index (χ2n) is 6.48. The maximum Gasteiger partial charge on any atom is 0.251 e. The highest BCUT2D eigenvalue weighted by Gasteiger charge is 2.30. The van der Waals surface area contributed by atoms with Crippen molar-refractivity contribution in [3.63, 3.8) is 0 Å². The molecule has 1 aliphatic carbocycles. The lowest BCUT2D eigenvalue weighted by Gasteiger charge is -2.17. The van der Waals surface area contributed by atoms with E-state index in [9.17, 15) is 13.2 Å². The van der Waals surface area contributed by atoms with Gasteiger partial charge in [0.15, 0.2) is 0 Å². The van der Waals surface area contributed by atoms with Gasteiger partial charge in [0, 0.05) is 16.6 Å². The number of carbonyl (C=O) groups excluding carboxylic acids is 1. The number of hydrogen-bond acceptors (Lipinski definition) is 4. The van der Waals surface area contributed by atoms with Crippen molar-refractivity contribution in [3.05, 3.63) is 58.6 Å². The Balaban J connectivity index is 1.85. The van der Waals surface area contributed by atoms with Gasteiger partial charge in [-0.15, -0.1) is 0 Å². The monoisotopic (exact) mass is 408 g/mol. The van der Waals surface area contributed by atoms with E-state index in [1.54, 1.807) is 6.07 Å². The smallest absolute Gasteiger partial charge is 0.251 e. The van der Waals surface area contributed by atoms with Gasteiger partial charge in [-0.1, -0.05) is 29.8 Å². The van der Waals surface area contributed by atoms with E-state index in [1.165, 1.54) is 25.3 Å². The molecule has 1 saturated carbocycles. The minimum Gasteiger partial charge on any atom is -0.495 e. The molecule has 1 fully saturated rings. The van der Waals surface area contributed by atoms with Crippen molar-refractivity contribution < 1.29 is 17.9 Å². The molecule has 2 aromatic rings. The Morgan fingerprint density at radius 3 is 2.56 bits per heavy atom. The minimum absolute atomic E-state index is 0.0440. The Bertz CT molecular complexity index is 958. The van der Waals surface area contributed by atoms with E-state index in [1.807, 2.05) is 25.1 Å². The Kier molecular flexibility index (Phi) is 5.74. The van der Waals surface area contributed by atoms with Gasteiger partial charge in [0.1, 0.15) is 10.6 Å². The Labute approximate surface area is 163 Å². The molecule has 0 radical (unpaired) electrons.